The summed E-state index contributed by atoms with van der Waals surface area (Å²) in [6.07, 6.45) is -1.00. The number of carboxylic acid groups (broad SMARTS) is 2. The van der Waals surface area contributed by atoms with Crippen LogP contribution < -0.4 is 11.1 Å². The van der Waals surface area contributed by atoms with Gasteiger partial charge in [0.05, 0.1) is 17.5 Å². The standard InChI is InChI=1S/C18H19N3O5/c19-14-8-11-4-2-1-3-10(11)7-13(14)16(22)20-15-9-21(18(25)26)6-5-12(15)17(23)24/h1-4,7-8,12,15H,5-6,9,19H2,(H,20,22)(H,23,24)(H,25,26). The van der Waals surface area contributed by atoms with Gasteiger partial charge in [0.25, 0.3) is 5.91 Å². The maximum absolute atomic E-state index is 12.7. The van der Waals surface area contributed by atoms with Gasteiger partial charge in [-0.25, -0.2) is 4.79 Å². The summed E-state index contributed by atoms with van der Waals surface area (Å²) in [5, 5.41) is 22.9. The maximum Gasteiger partial charge on any atom is 0.407 e. The number of nitrogen functional groups attached to an aromatic ring is 1. The van der Waals surface area contributed by atoms with Crippen LogP contribution >= 0.6 is 0 Å². The second-order valence-corrected chi connectivity index (χ2v) is 6.33. The van der Waals surface area contributed by atoms with Gasteiger partial charge in [0.15, 0.2) is 0 Å². The molecule has 136 valence electrons. The third-order valence-electron chi connectivity index (χ3n) is 4.68. The molecule has 2 aromatic rings. The van der Waals surface area contributed by atoms with Gasteiger partial charge in [0.2, 0.25) is 0 Å². The normalized spacial score (nSPS) is 19.9. The predicted molar refractivity (Wildman–Crippen MR) is 95.0 cm³/mol. The molecule has 3 rings (SSSR count). The van der Waals surface area contributed by atoms with Crippen molar-refractivity contribution in [1.29, 1.82) is 0 Å². The van der Waals surface area contributed by atoms with Crippen LogP contribution in [0.2, 0.25) is 0 Å². The highest BCUT2D eigenvalue weighted by Crippen LogP contribution is 2.23. The monoisotopic (exact) mass is 357 g/mol. The first-order valence-corrected chi connectivity index (χ1v) is 8.16. The third kappa shape index (κ3) is 3.39. The number of carbonyl (C=O) groups is 3. The lowest BCUT2D eigenvalue weighted by molar-refractivity contribution is -0.144. The minimum absolute atomic E-state index is 0.0779. The van der Waals surface area contributed by atoms with Crippen molar-refractivity contribution in [2.24, 2.45) is 5.92 Å². The van der Waals surface area contributed by atoms with Crippen molar-refractivity contribution in [3.63, 3.8) is 0 Å². The van der Waals surface area contributed by atoms with Gasteiger partial charge in [0.1, 0.15) is 0 Å². The van der Waals surface area contributed by atoms with Gasteiger partial charge in [-0.2, -0.15) is 0 Å². The number of carboxylic acids is 1. The Labute approximate surface area is 149 Å². The zero-order valence-electron chi connectivity index (χ0n) is 13.9. The first kappa shape index (κ1) is 17.5. The maximum atomic E-state index is 12.7. The molecule has 2 unspecified atom stereocenters. The Morgan fingerprint density at radius 3 is 2.38 bits per heavy atom. The summed E-state index contributed by atoms with van der Waals surface area (Å²) in [4.78, 5) is 36.4. The molecule has 1 saturated heterocycles. The van der Waals surface area contributed by atoms with Crippen LogP contribution in [0.4, 0.5) is 10.5 Å². The van der Waals surface area contributed by atoms with Gasteiger partial charge >= 0.3 is 12.1 Å². The summed E-state index contributed by atoms with van der Waals surface area (Å²) in [6, 6.07) is 9.93. The summed E-state index contributed by atoms with van der Waals surface area (Å²) in [5.74, 6) is -2.43. The van der Waals surface area contributed by atoms with Gasteiger partial charge in [-0.05, 0) is 29.3 Å². The van der Waals surface area contributed by atoms with Crippen molar-refractivity contribution in [2.75, 3.05) is 18.8 Å². The molecule has 0 bridgehead atoms. The molecule has 0 radical (unpaired) electrons. The van der Waals surface area contributed by atoms with Crippen LogP contribution in [0.5, 0.6) is 0 Å². The molecule has 2 amide bonds. The highest BCUT2D eigenvalue weighted by molar-refractivity contribution is 6.04. The van der Waals surface area contributed by atoms with Crippen LogP contribution in [-0.2, 0) is 4.79 Å². The van der Waals surface area contributed by atoms with Crippen LogP contribution in [-0.4, -0.2) is 52.2 Å². The summed E-state index contributed by atoms with van der Waals surface area (Å²) in [6.45, 7) is 0.0440. The molecule has 0 aliphatic carbocycles. The summed E-state index contributed by atoms with van der Waals surface area (Å²) < 4.78 is 0. The average Bonchev–Trinajstić information content (AvgIpc) is 2.60. The molecule has 5 N–H and O–H groups in total. The number of benzene rings is 2. The number of anilines is 1. The van der Waals surface area contributed by atoms with Gasteiger partial charge in [-0.1, -0.05) is 24.3 Å². The molecule has 26 heavy (non-hydrogen) atoms. The lowest BCUT2D eigenvalue weighted by atomic mass is 9.91. The van der Waals surface area contributed by atoms with Gasteiger partial charge in [-0.15, -0.1) is 0 Å². The molecular weight excluding hydrogens is 338 g/mol. The van der Waals surface area contributed by atoms with E-state index in [-0.39, 0.29) is 30.8 Å². The van der Waals surface area contributed by atoms with E-state index in [1.807, 2.05) is 24.3 Å². The number of nitrogens with one attached hydrogen (secondary N) is 1. The Morgan fingerprint density at radius 1 is 1.12 bits per heavy atom. The van der Waals surface area contributed by atoms with E-state index in [0.29, 0.717) is 0 Å². The van der Waals surface area contributed by atoms with Crippen LogP contribution in [0, 0.1) is 5.92 Å². The number of carbonyl (C=O) groups excluding carboxylic acids is 1. The zero-order valence-corrected chi connectivity index (χ0v) is 13.9. The number of aliphatic carboxylic acids is 1. The van der Waals surface area contributed by atoms with E-state index >= 15 is 0 Å². The second kappa shape index (κ2) is 6.91. The molecule has 8 heteroatoms. The minimum Gasteiger partial charge on any atom is -0.481 e. The molecule has 8 nitrogen and oxygen atoms in total. The Balaban J connectivity index is 1.86. The fourth-order valence-electron chi connectivity index (χ4n) is 3.27. The van der Waals surface area contributed by atoms with Crippen LogP contribution in [0.25, 0.3) is 10.8 Å². The van der Waals surface area contributed by atoms with Crippen molar-refractivity contribution in [1.82, 2.24) is 10.2 Å². The highest BCUT2D eigenvalue weighted by atomic mass is 16.4. The largest absolute Gasteiger partial charge is 0.481 e. The summed E-state index contributed by atoms with van der Waals surface area (Å²) >= 11 is 0. The predicted octanol–water partition coefficient (Wildman–Crippen LogP) is 1.60. The van der Waals surface area contributed by atoms with Crippen molar-refractivity contribution >= 4 is 34.4 Å². The molecule has 0 spiro atoms. The van der Waals surface area contributed by atoms with E-state index in [9.17, 15) is 19.5 Å². The molecule has 2 aromatic carbocycles. The Bertz CT molecular complexity index is 882. The molecule has 1 aliphatic rings. The van der Waals surface area contributed by atoms with Gasteiger partial charge in [-0.3, -0.25) is 9.59 Å². The quantitative estimate of drug-likeness (QED) is 0.617. The number of likely N-dealkylation sites (tertiary alicyclic amines) is 1. The molecule has 1 aliphatic heterocycles. The Hall–Kier alpha value is -3.29. The van der Waals surface area contributed by atoms with E-state index < -0.39 is 29.9 Å². The van der Waals surface area contributed by atoms with Gasteiger partial charge < -0.3 is 26.2 Å². The van der Waals surface area contributed by atoms with Crippen molar-refractivity contribution in [3.05, 3.63) is 42.0 Å². The Morgan fingerprint density at radius 2 is 1.77 bits per heavy atom. The molecule has 0 saturated carbocycles. The number of piperidine rings is 1. The van der Waals surface area contributed by atoms with Gasteiger partial charge in [0, 0.05) is 18.8 Å². The van der Waals surface area contributed by atoms with Crippen molar-refractivity contribution in [2.45, 2.75) is 12.5 Å². The number of rotatable bonds is 3. The number of hydrogen-bond donors (Lipinski definition) is 4. The first-order chi connectivity index (χ1) is 12.4. The fraction of sp³-hybridized carbons (Fsp3) is 0.278. The number of fused-ring (bicyclic) bond motifs is 1. The van der Waals surface area contributed by atoms with Crippen molar-refractivity contribution in [3.8, 4) is 0 Å². The van der Waals surface area contributed by atoms with Crippen molar-refractivity contribution < 1.29 is 24.6 Å². The zero-order chi connectivity index (χ0) is 18.8. The highest BCUT2D eigenvalue weighted by Gasteiger charge is 2.37. The van der Waals surface area contributed by atoms with E-state index in [1.54, 1.807) is 12.1 Å². The van der Waals surface area contributed by atoms with Crippen LogP contribution in [0.15, 0.2) is 36.4 Å². The molecule has 1 heterocycles. The van der Waals surface area contributed by atoms with E-state index in [4.69, 9.17) is 10.8 Å². The Kier molecular flexibility index (Phi) is 4.66. The first-order valence-electron chi connectivity index (χ1n) is 8.16. The number of hydrogen-bond acceptors (Lipinski definition) is 4. The van der Waals surface area contributed by atoms with Crippen LogP contribution in [0.3, 0.4) is 0 Å². The third-order valence-corrected chi connectivity index (χ3v) is 4.68. The topological polar surface area (TPSA) is 133 Å². The minimum atomic E-state index is -1.14. The lowest BCUT2D eigenvalue weighted by Gasteiger charge is -2.35. The smallest absolute Gasteiger partial charge is 0.407 e. The average molecular weight is 357 g/mol. The fourth-order valence-corrected chi connectivity index (χ4v) is 3.27. The summed E-state index contributed by atoms with van der Waals surface area (Å²) in [7, 11) is 0. The summed E-state index contributed by atoms with van der Waals surface area (Å²) in [5.41, 5.74) is 6.49. The number of nitrogens with zero attached hydrogens (tertiary/aromatic N) is 1. The van der Waals surface area contributed by atoms with Crippen LogP contribution in [0.1, 0.15) is 16.8 Å². The van der Waals surface area contributed by atoms with E-state index in [2.05, 4.69) is 5.32 Å². The van der Waals surface area contributed by atoms with E-state index in [0.717, 1.165) is 15.7 Å². The number of amides is 2. The van der Waals surface area contributed by atoms with E-state index in [1.165, 1.54) is 0 Å². The molecule has 2 atom stereocenters. The molecule has 0 aromatic heterocycles. The second-order valence-electron chi connectivity index (χ2n) is 6.33. The SMILES string of the molecule is Nc1cc2ccccc2cc1C(=O)NC1CN(C(=O)O)CCC1C(=O)O. The number of nitrogens with two attached hydrogens (primary N) is 1. The lowest BCUT2D eigenvalue weighted by Crippen LogP contribution is -2.55. The molecule has 1 fully saturated rings. The molecular formula is C18H19N3O5.